The summed E-state index contributed by atoms with van der Waals surface area (Å²) >= 11 is 1.23. The molecule has 0 aliphatic heterocycles. The summed E-state index contributed by atoms with van der Waals surface area (Å²) in [5.74, 6) is 0.240. The van der Waals surface area contributed by atoms with Crippen LogP contribution in [0.5, 0.6) is 5.75 Å². The molecule has 3 N–H and O–H groups in total. The largest absolute Gasteiger partial charge is 0.508 e. The molecule has 0 saturated carbocycles. The van der Waals surface area contributed by atoms with Crippen molar-refractivity contribution in [2.24, 2.45) is 0 Å². The van der Waals surface area contributed by atoms with E-state index in [9.17, 15) is 9.50 Å². The summed E-state index contributed by atoms with van der Waals surface area (Å²) in [6, 6.07) is 9.66. The van der Waals surface area contributed by atoms with Gasteiger partial charge in [-0.05, 0) is 55.1 Å². The first kappa shape index (κ1) is 16.3. The zero-order valence-corrected chi connectivity index (χ0v) is 14.5. The number of H-pyrrole nitrogens is 1. The van der Waals surface area contributed by atoms with Crippen LogP contribution < -0.4 is 5.32 Å². The van der Waals surface area contributed by atoms with Gasteiger partial charge in [0.1, 0.15) is 23.7 Å². The number of rotatable bonds is 4. The predicted molar refractivity (Wildman–Crippen MR) is 98.3 cm³/mol. The summed E-state index contributed by atoms with van der Waals surface area (Å²) in [6.45, 7) is 1.87. The third-order valence-corrected chi connectivity index (χ3v) is 4.66. The lowest BCUT2D eigenvalue weighted by Crippen LogP contribution is -1.97. The molecular formula is C18H14FN5OS. The summed E-state index contributed by atoms with van der Waals surface area (Å²) in [7, 11) is 0. The lowest BCUT2D eigenvalue weighted by atomic mass is 10.2. The number of hydrogen-bond acceptors (Lipinski definition) is 6. The average molecular weight is 367 g/mol. The number of phenols is 1. The van der Waals surface area contributed by atoms with Crippen LogP contribution in [0.15, 0.2) is 59.0 Å². The van der Waals surface area contributed by atoms with Crippen LogP contribution in [0.3, 0.4) is 0 Å². The predicted octanol–water partition coefficient (Wildman–Crippen LogP) is 4.40. The highest BCUT2D eigenvalue weighted by Gasteiger charge is 2.10. The summed E-state index contributed by atoms with van der Waals surface area (Å²) in [6.07, 6.45) is 3.19. The minimum Gasteiger partial charge on any atom is -0.508 e. The van der Waals surface area contributed by atoms with E-state index in [1.165, 1.54) is 24.2 Å². The monoisotopic (exact) mass is 367 g/mol. The van der Waals surface area contributed by atoms with E-state index in [1.807, 2.05) is 6.92 Å². The third-order valence-electron chi connectivity index (χ3n) is 3.70. The van der Waals surface area contributed by atoms with Crippen molar-refractivity contribution in [3.8, 4) is 5.75 Å². The van der Waals surface area contributed by atoms with Gasteiger partial charge in [-0.1, -0.05) is 0 Å². The molecule has 0 saturated heterocycles. The molecule has 0 aliphatic rings. The molecule has 6 nitrogen and oxygen atoms in total. The van der Waals surface area contributed by atoms with Crippen LogP contribution in [0.4, 0.5) is 15.9 Å². The standard InChI is InChI=1S/C18H14FN5OS/c1-10-8-20-18(23-10)26-16-5-2-11(6-14(16)19)24-17-13-7-12(25)3-4-15(13)21-9-22-17/h2-9,25H,1H3,(H,20,23)(H,21,22,24). The van der Waals surface area contributed by atoms with E-state index in [0.717, 1.165) is 5.69 Å². The normalized spacial score (nSPS) is 11.0. The zero-order valence-electron chi connectivity index (χ0n) is 13.7. The van der Waals surface area contributed by atoms with E-state index in [2.05, 4.69) is 25.3 Å². The van der Waals surface area contributed by atoms with Crippen LogP contribution in [-0.2, 0) is 0 Å². The van der Waals surface area contributed by atoms with Crippen molar-refractivity contribution in [3.05, 3.63) is 60.4 Å². The number of aromatic hydroxyl groups is 1. The number of phenolic OH excluding ortho intramolecular Hbond substituents is 1. The number of benzene rings is 2. The zero-order chi connectivity index (χ0) is 18.1. The number of hydrogen-bond donors (Lipinski definition) is 3. The van der Waals surface area contributed by atoms with Crippen LogP contribution in [0, 0.1) is 12.7 Å². The number of aromatic nitrogens is 4. The smallest absolute Gasteiger partial charge is 0.170 e. The van der Waals surface area contributed by atoms with E-state index in [0.29, 0.717) is 32.5 Å². The van der Waals surface area contributed by atoms with Crippen molar-refractivity contribution in [1.29, 1.82) is 0 Å². The lowest BCUT2D eigenvalue weighted by molar-refractivity contribution is 0.476. The van der Waals surface area contributed by atoms with E-state index in [-0.39, 0.29) is 11.6 Å². The number of halogens is 1. The molecule has 0 aliphatic carbocycles. The Kier molecular flexibility index (Phi) is 4.18. The SMILES string of the molecule is Cc1c[nH]c(Sc2ccc(Nc3ncnc4ccc(O)cc34)cc2F)n1. The number of imidazole rings is 1. The van der Waals surface area contributed by atoms with Gasteiger partial charge < -0.3 is 15.4 Å². The van der Waals surface area contributed by atoms with Crippen molar-refractivity contribution in [2.45, 2.75) is 17.0 Å². The highest BCUT2D eigenvalue weighted by Crippen LogP contribution is 2.31. The first-order chi connectivity index (χ1) is 12.6. The Morgan fingerprint density at radius 1 is 1.15 bits per heavy atom. The van der Waals surface area contributed by atoms with Crippen LogP contribution in [0.25, 0.3) is 10.9 Å². The van der Waals surface area contributed by atoms with Crippen molar-refractivity contribution in [2.75, 3.05) is 5.32 Å². The van der Waals surface area contributed by atoms with Gasteiger partial charge in [0.15, 0.2) is 5.16 Å². The Labute approximate surface area is 152 Å². The molecule has 4 rings (SSSR count). The first-order valence-corrected chi connectivity index (χ1v) is 8.60. The molecular weight excluding hydrogens is 353 g/mol. The Balaban J connectivity index is 1.61. The van der Waals surface area contributed by atoms with Crippen LogP contribution >= 0.6 is 11.8 Å². The van der Waals surface area contributed by atoms with Crippen LogP contribution in [0.1, 0.15) is 5.69 Å². The fraction of sp³-hybridized carbons (Fsp3) is 0.0556. The van der Waals surface area contributed by atoms with Gasteiger partial charge in [-0.2, -0.15) is 0 Å². The van der Waals surface area contributed by atoms with Crippen molar-refractivity contribution in [1.82, 2.24) is 19.9 Å². The van der Waals surface area contributed by atoms with Crippen molar-refractivity contribution < 1.29 is 9.50 Å². The van der Waals surface area contributed by atoms with Crippen molar-refractivity contribution in [3.63, 3.8) is 0 Å². The fourth-order valence-corrected chi connectivity index (χ4v) is 3.30. The average Bonchev–Trinajstić information content (AvgIpc) is 3.03. The molecule has 8 heteroatoms. The van der Waals surface area contributed by atoms with Crippen LogP contribution in [-0.4, -0.2) is 25.0 Å². The van der Waals surface area contributed by atoms with Crippen molar-refractivity contribution >= 4 is 34.2 Å². The fourth-order valence-electron chi connectivity index (χ4n) is 2.49. The molecule has 130 valence electrons. The molecule has 2 heterocycles. The Morgan fingerprint density at radius 3 is 2.81 bits per heavy atom. The van der Waals surface area contributed by atoms with Gasteiger partial charge in [0.2, 0.25) is 0 Å². The van der Waals surface area contributed by atoms with Gasteiger partial charge in [0.05, 0.1) is 16.1 Å². The molecule has 2 aromatic carbocycles. The van der Waals surface area contributed by atoms with E-state index in [1.54, 1.807) is 36.5 Å². The highest BCUT2D eigenvalue weighted by molar-refractivity contribution is 7.99. The van der Waals surface area contributed by atoms with Gasteiger partial charge in [0, 0.05) is 17.3 Å². The van der Waals surface area contributed by atoms with Gasteiger partial charge >= 0.3 is 0 Å². The molecule has 0 spiro atoms. The summed E-state index contributed by atoms with van der Waals surface area (Å²) in [4.78, 5) is 16.1. The van der Waals surface area contributed by atoms with Gasteiger partial charge in [0.25, 0.3) is 0 Å². The Morgan fingerprint density at radius 2 is 2.04 bits per heavy atom. The second-order valence-electron chi connectivity index (χ2n) is 5.64. The molecule has 0 unspecified atom stereocenters. The molecule has 0 bridgehead atoms. The second-order valence-corrected chi connectivity index (χ2v) is 6.67. The quantitative estimate of drug-likeness (QED) is 0.496. The molecule has 2 aromatic heterocycles. The number of anilines is 2. The summed E-state index contributed by atoms with van der Waals surface area (Å²) in [5.41, 5.74) is 2.08. The lowest BCUT2D eigenvalue weighted by Gasteiger charge is -2.10. The molecule has 0 radical (unpaired) electrons. The van der Waals surface area contributed by atoms with E-state index in [4.69, 9.17) is 0 Å². The highest BCUT2D eigenvalue weighted by atomic mass is 32.2. The minimum absolute atomic E-state index is 0.113. The van der Waals surface area contributed by atoms with Gasteiger partial charge in [-0.15, -0.1) is 0 Å². The number of aromatic amines is 1. The number of aryl methyl sites for hydroxylation is 1. The van der Waals surface area contributed by atoms with Gasteiger partial charge in [-0.3, -0.25) is 0 Å². The molecule has 26 heavy (non-hydrogen) atoms. The summed E-state index contributed by atoms with van der Waals surface area (Å²) < 4.78 is 14.4. The molecule has 4 aromatic rings. The maximum absolute atomic E-state index is 14.4. The van der Waals surface area contributed by atoms with Crippen LogP contribution in [0.2, 0.25) is 0 Å². The minimum atomic E-state index is -0.365. The number of fused-ring (bicyclic) bond motifs is 1. The van der Waals surface area contributed by atoms with Gasteiger partial charge in [-0.25, -0.2) is 19.3 Å². The summed E-state index contributed by atoms with van der Waals surface area (Å²) in [5, 5.41) is 14.1. The Bertz CT molecular complexity index is 1100. The number of nitrogens with one attached hydrogen (secondary N) is 2. The third kappa shape index (κ3) is 3.31. The maximum atomic E-state index is 14.4. The Hall–Kier alpha value is -3.13. The maximum Gasteiger partial charge on any atom is 0.170 e. The molecule has 0 fully saturated rings. The first-order valence-electron chi connectivity index (χ1n) is 7.79. The second kappa shape index (κ2) is 6.64. The van der Waals surface area contributed by atoms with E-state index >= 15 is 0 Å². The topological polar surface area (TPSA) is 86.7 Å². The molecule has 0 amide bonds. The van der Waals surface area contributed by atoms with E-state index < -0.39 is 0 Å². The number of nitrogens with zero attached hydrogens (tertiary/aromatic N) is 3. The molecule has 0 atom stereocenters.